The van der Waals surface area contributed by atoms with E-state index in [0.717, 1.165) is 45.1 Å². The summed E-state index contributed by atoms with van der Waals surface area (Å²) in [4.78, 5) is 26.8. The molecule has 0 aromatic carbocycles. The van der Waals surface area contributed by atoms with Crippen LogP contribution in [0.1, 0.15) is 65.7 Å². The van der Waals surface area contributed by atoms with E-state index in [4.69, 9.17) is 0 Å². The van der Waals surface area contributed by atoms with Gasteiger partial charge in [0, 0.05) is 25.2 Å². The van der Waals surface area contributed by atoms with E-state index in [-0.39, 0.29) is 23.9 Å². The van der Waals surface area contributed by atoms with E-state index in [1.54, 1.807) is 0 Å². The van der Waals surface area contributed by atoms with Crippen LogP contribution in [0.2, 0.25) is 0 Å². The number of rotatable bonds is 3. The number of likely N-dealkylation sites (tertiary alicyclic amines) is 1. The number of nitrogens with zero attached hydrogens (tertiary/aromatic N) is 1. The van der Waals surface area contributed by atoms with Gasteiger partial charge in [0.25, 0.3) is 0 Å². The topological polar surface area (TPSA) is 61.4 Å². The Morgan fingerprint density at radius 2 is 1.79 bits per heavy atom. The lowest BCUT2D eigenvalue weighted by Gasteiger charge is -2.40. The van der Waals surface area contributed by atoms with Crippen LogP contribution in [-0.4, -0.2) is 42.0 Å². The molecule has 0 aromatic rings. The minimum atomic E-state index is -0.0518. The summed E-state index contributed by atoms with van der Waals surface area (Å²) in [5.74, 6) is 0.754. The summed E-state index contributed by atoms with van der Waals surface area (Å²) in [5.41, 5.74) is 0.304. The Balaban J connectivity index is 1.51. The third kappa shape index (κ3) is 4.64. The van der Waals surface area contributed by atoms with Crippen LogP contribution in [0.15, 0.2) is 0 Å². The monoisotopic (exact) mass is 335 g/mol. The first-order chi connectivity index (χ1) is 11.3. The van der Waals surface area contributed by atoms with Crippen molar-refractivity contribution >= 4 is 11.9 Å². The molecule has 1 saturated heterocycles. The summed E-state index contributed by atoms with van der Waals surface area (Å²) in [5, 5.41) is 6.33. The highest BCUT2D eigenvalue weighted by Gasteiger charge is 2.35. The Hall–Kier alpha value is -1.26. The van der Waals surface area contributed by atoms with Gasteiger partial charge >= 0.3 is 6.03 Å². The van der Waals surface area contributed by atoms with Gasteiger partial charge in [-0.1, -0.05) is 20.8 Å². The second-order valence-corrected chi connectivity index (χ2v) is 9.13. The SMILES string of the molecule is CC1CC(NC(=O)C2CCCN(C(=O)NC3CC3)C2)CC(C)(C)C1. The fourth-order valence-corrected chi connectivity index (χ4v) is 4.64. The van der Waals surface area contributed by atoms with Gasteiger partial charge in [0.1, 0.15) is 0 Å². The molecule has 0 bridgehead atoms. The molecule has 2 saturated carbocycles. The van der Waals surface area contributed by atoms with Crippen molar-refractivity contribution in [2.24, 2.45) is 17.3 Å². The lowest BCUT2D eigenvalue weighted by Crippen LogP contribution is -2.51. The summed E-state index contributed by atoms with van der Waals surface area (Å²) < 4.78 is 0. The van der Waals surface area contributed by atoms with E-state index in [2.05, 4.69) is 31.4 Å². The van der Waals surface area contributed by atoms with Crippen molar-refractivity contribution in [3.05, 3.63) is 0 Å². The Labute approximate surface area is 145 Å². The number of amides is 3. The van der Waals surface area contributed by atoms with Gasteiger partial charge in [-0.2, -0.15) is 0 Å². The van der Waals surface area contributed by atoms with Crippen molar-refractivity contribution in [3.63, 3.8) is 0 Å². The number of hydrogen-bond acceptors (Lipinski definition) is 2. The van der Waals surface area contributed by atoms with Crippen LogP contribution in [0.25, 0.3) is 0 Å². The number of nitrogens with one attached hydrogen (secondary N) is 2. The molecule has 5 heteroatoms. The van der Waals surface area contributed by atoms with E-state index < -0.39 is 0 Å². The molecule has 3 fully saturated rings. The number of carbonyl (C=O) groups excluding carboxylic acids is 2. The molecule has 1 aliphatic heterocycles. The predicted molar refractivity (Wildman–Crippen MR) is 94.6 cm³/mol. The van der Waals surface area contributed by atoms with Gasteiger partial charge in [-0.25, -0.2) is 4.79 Å². The first kappa shape index (κ1) is 17.6. The first-order valence-corrected chi connectivity index (χ1v) is 9.68. The van der Waals surface area contributed by atoms with E-state index in [1.807, 2.05) is 4.90 Å². The summed E-state index contributed by atoms with van der Waals surface area (Å²) in [6.45, 7) is 8.22. The molecule has 24 heavy (non-hydrogen) atoms. The summed E-state index contributed by atoms with van der Waals surface area (Å²) in [6.07, 6.45) is 7.37. The van der Waals surface area contributed by atoms with Crippen molar-refractivity contribution in [1.82, 2.24) is 15.5 Å². The minimum Gasteiger partial charge on any atom is -0.353 e. The Morgan fingerprint density at radius 3 is 2.46 bits per heavy atom. The van der Waals surface area contributed by atoms with Gasteiger partial charge in [0.2, 0.25) is 5.91 Å². The van der Waals surface area contributed by atoms with Gasteiger partial charge < -0.3 is 15.5 Å². The molecular weight excluding hydrogens is 302 g/mol. The van der Waals surface area contributed by atoms with Crippen molar-refractivity contribution in [2.75, 3.05) is 13.1 Å². The smallest absolute Gasteiger partial charge is 0.317 e. The van der Waals surface area contributed by atoms with Gasteiger partial charge in [0.05, 0.1) is 5.92 Å². The third-order valence-electron chi connectivity index (χ3n) is 5.72. The third-order valence-corrected chi connectivity index (χ3v) is 5.72. The minimum absolute atomic E-state index is 0.0161. The number of piperidine rings is 1. The molecule has 2 N–H and O–H groups in total. The summed E-state index contributed by atoms with van der Waals surface area (Å²) >= 11 is 0. The van der Waals surface area contributed by atoms with Crippen molar-refractivity contribution in [2.45, 2.75) is 77.8 Å². The molecule has 136 valence electrons. The molecular formula is C19H33N3O2. The molecule has 3 atom stereocenters. The summed E-state index contributed by atoms with van der Waals surface area (Å²) in [7, 11) is 0. The Kier molecular flexibility index (Phi) is 5.07. The van der Waals surface area contributed by atoms with Crippen molar-refractivity contribution in [3.8, 4) is 0 Å². The molecule has 3 rings (SSSR count). The van der Waals surface area contributed by atoms with Gasteiger partial charge in [-0.15, -0.1) is 0 Å². The lowest BCUT2D eigenvalue weighted by molar-refractivity contribution is -0.127. The molecule has 3 amide bonds. The second-order valence-electron chi connectivity index (χ2n) is 9.13. The van der Waals surface area contributed by atoms with Gasteiger partial charge in [-0.3, -0.25) is 4.79 Å². The van der Waals surface area contributed by atoms with Gasteiger partial charge in [0.15, 0.2) is 0 Å². The quantitative estimate of drug-likeness (QED) is 0.833. The first-order valence-electron chi connectivity index (χ1n) is 9.68. The molecule has 1 heterocycles. The largest absolute Gasteiger partial charge is 0.353 e. The second kappa shape index (κ2) is 6.93. The van der Waals surface area contributed by atoms with Crippen molar-refractivity contribution in [1.29, 1.82) is 0 Å². The fraction of sp³-hybridized carbons (Fsp3) is 0.895. The number of carbonyl (C=O) groups is 2. The predicted octanol–water partition coefficient (Wildman–Crippen LogP) is 2.90. The summed E-state index contributed by atoms with van der Waals surface area (Å²) in [6, 6.07) is 0.673. The van der Waals surface area contributed by atoms with Gasteiger partial charge in [-0.05, 0) is 56.3 Å². The van der Waals surface area contributed by atoms with Crippen LogP contribution >= 0.6 is 0 Å². The number of hydrogen-bond donors (Lipinski definition) is 2. The zero-order valence-electron chi connectivity index (χ0n) is 15.4. The highest BCUT2D eigenvalue weighted by Crippen LogP contribution is 2.38. The van der Waals surface area contributed by atoms with Crippen molar-refractivity contribution < 1.29 is 9.59 Å². The molecule has 5 nitrogen and oxygen atoms in total. The van der Waals surface area contributed by atoms with Crippen LogP contribution < -0.4 is 10.6 Å². The van der Waals surface area contributed by atoms with Crippen LogP contribution in [0.3, 0.4) is 0 Å². The number of urea groups is 1. The maximum absolute atomic E-state index is 12.7. The lowest BCUT2D eigenvalue weighted by atomic mass is 9.70. The molecule has 0 spiro atoms. The molecule has 0 aromatic heterocycles. The zero-order valence-corrected chi connectivity index (χ0v) is 15.4. The van der Waals surface area contributed by atoms with Crippen LogP contribution in [-0.2, 0) is 4.79 Å². The van der Waals surface area contributed by atoms with E-state index in [9.17, 15) is 9.59 Å². The average molecular weight is 335 g/mol. The van der Waals surface area contributed by atoms with E-state index in [0.29, 0.717) is 23.9 Å². The Morgan fingerprint density at radius 1 is 1.04 bits per heavy atom. The molecule has 3 unspecified atom stereocenters. The molecule has 3 aliphatic rings. The Bertz CT molecular complexity index is 487. The molecule has 0 radical (unpaired) electrons. The van der Waals surface area contributed by atoms with Crippen LogP contribution in [0.4, 0.5) is 4.79 Å². The maximum atomic E-state index is 12.7. The van der Waals surface area contributed by atoms with Crippen LogP contribution in [0, 0.1) is 17.3 Å². The standard InChI is InChI=1S/C19H33N3O2/c1-13-9-16(11-19(2,3)10-13)20-17(23)14-5-4-8-22(12-14)18(24)21-15-6-7-15/h13-16H,4-12H2,1-3H3,(H,20,23)(H,21,24). The van der Waals surface area contributed by atoms with E-state index >= 15 is 0 Å². The molecule has 2 aliphatic carbocycles. The normalized spacial score (nSPS) is 33.0. The van der Waals surface area contributed by atoms with E-state index in [1.165, 1.54) is 6.42 Å². The van der Waals surface area contributed by atoms with Crippen LogP contribution in [0.5, 0.6) is 0 Å². The highest BCUT2D eigenvalue weighted by atomic mass is 16.2. The fourth-order valence-electron chi connectivity index (χ4n) is 4.64. The zero-order chi connectivity index (χ0) is 17.3. The highest BCUT2D eigenvalue weighted by molar-refractivity contribution is 5.81. The maximum Gasteiger partial charge on any atom is 0.317 e. The average Bonchev–Trinajstić information content (AvgIpc) is 3.29.